The van der Waals surface area contributed by atoms with Crippen LogP contribution in [-0.2, 0) is 10.8 Å². The molecule has 0 bridgehead atoms. The van der Waals surface area contributed by atoms with E-state index in [1.807, 2.05) is 0 Å². The van der Waals surface area contributed by atoms with Crippen LogP contribution >= 0.6 is 0 Å². The van der Waals surface area contributed by atoms with Crippen LogP contribution < -0.4 is 4.90 Å². The fourth-order valence-corrected chi connectivity index (χ4v) is 9.21. The molecule has 0 aromatic heterocycles. The molecule has 1 aliphatic heterocycles. The van der Waals surface area contributed by atoms with E-state index < -0.39 is 5.41 Å². The Morgan fingerprint density at radius 2 is 0.792 bits per heavy atom. The summed E-state index contributed by atoms with van der Waals surface area (Å²) in [5, 5.41) is 0. The van der Waals surface area contributed by atoms with Crippen LogP contribution in [0.4, 0.5) is 17.1 Å². The first-order chi connectivity index (χ1) is 26.0. The maximum absolute atomic E-state index is 2.52. The van der Waals surface area contributed by atoms with Crippen LogP contribution in [0.5, 0.6) is 0 Å². The zero-order chi connectivity index (χ0) is 35.6. The molecule has 1 heterocycles. The van der Waals surface area contributed by atoms with E-state index in [1.165, 1.54) is 78.1 Å². The van der Waals surface area contributed by atoms with Crippen molar-refractivity contribution in [3.05, 3.63) is 234 Å². The second-order valence-electron chi connectivity index (χ2n) is 14.9. The van der Waals surface area contributed by atoms with Crippen LogP contribution in [0.15, 0.2) is 200 Å². The van der Waals surface area contributed by atoms with Crippen molar-refractivity contribution in [3.8, 4) is 33.4 Å². The predicted octanol–water partition coefficient (Wildman–Crippen LogP) is 13.5. The van der Waals surface area contributed by atoms with Crippen LogP contribution in [0.2, 0.25) is 0 Å². The summed E-state index contributed by atoms with van der Waals surface area (Å²) in [4.78, 5) is 2.52. The summed E-state index contributed by atoms with van der Waals surface area (Å²) in [5.74, 6) is 0. The highest BCUT2D eigenvalue weighted by Crippen LogP contribution is 2.59. The molecule has 0 radical (unpaired) electrons. The topological polar surface area (TPSA) is 3.24 Å². The Morgan fingerprint density at radius 1 is 0.340 bits per heavy atom. The van der Waals surface area contributed by atoms with Crippen molar-refractivity contribution in [1.29, 1.82) is 0 Å². The maximum Gasteiger partial charge on any atom is 0.0714 e. The van der Waals surface area contributed by atoms with Gasteiger partial charge in [0.2, 0.25) is 0 Å². The molecule has 10 rings (SSSR count). The Bertz CT molecular complexity index is 2490. The van der Waals surface area contributed by atoms with Crippen LogP contribution in [0.1, 0.15) is 47.2 Å². The van der Waals surface area contributed by atoms with Crippen molar-refractivity contribution in [2.75, 3.05) is 4.90 Å². The Labute approximate surface area is 312 Å². The number of anilines is 3. The SMILES string of the molecule is CC1(C)c2cc(-c3ccccc3)ccc2N(c2ccc3c(c2)C(c2ccccc2)(c2ccccc2)c2ccccc2-3)c2ccc(-c3ccccc3)cc21. The van der Waals surface area contributed by atoms with E-state index >= 15 is 0 Å². The first-order valence-corrected chi connectivity index (χ1v) is 18.6. The summed E-state index contributed by atoms with van der Waals surface area (Å²) in [6, 6.07) is 74.0. The summed E-state index contributed by atoms with van der Waals surface area (Å²) < 4.78 is 0. The fourth-order valence-electron chi connectivity index (χ4n) is 9.21. The van der Waals surface area contributed by atoms with Gasteiger partial charge in [0.25, 0.3) is 0 Å². The molecule has 252 valence electrons. The Hall–Kier alpha value is -6.44. The first-order valence-electron chi connectivity index (χ1n) is 18.6. The van der Waals surface area contributed by atoms with Gasteiger partial charge in [-0.05, 0) is 103 Å². The minimum Gasteiger partial charge on any atom is -0.310 e. The van der Waals surface area contributed by atoms with E-state index in [1.54, 1.807) is 0 Å². The van der Waals surface area contributed by atoms with Crippen molar-refractivity contribution in [3.63, 3.8) is 0 Å². The van der Waals surface area contributed by atoms with Crippen LogP contribution in [0, 0.1) is 0 Å². The number of fused-ring (bicyclic) bond motifs is 5. The Balaban J connectivity index is 1.25. The van der Waals surface area contributed by atoms with Crippen molar-refractivity contribution < 1.29 is 0 Å². The van der Waals surface area contributed by atoms with E-state index in [0.717, 1.165) is 5.69 Å². The third kappa shape index (κ3) is 4.70. The molecular formula is C52H39N. The second-order valence-corrected chi connectivity index (χ2v) is 14.9. The lowest BCUT2D eigenvalue weighted by atomic mass is 9.67. The summed E-state index contributed by atoms with van der Waals surface area (Å²) in [6.07, 6.45) is 0. The molecule has 0 saturated heterocycles. The molecule has 8 aromatic carbocycles. The largest absolute Gasteiger partial charge is 0.310 e. The molecule has 0 unspecified atom stereocenters. The minimum absolute atomic E-state index is 0.248. The van der Waals surface area contributed by atoms with Crippen LogP contribution in [0.3, 0.4) is 0 Å². The van der Waals surface area contributed by atoms with Gasteiger partial charge in [0.05, 0.1) is 16.8 Å². The molecule has 1 aliphatic carbocycles. The van der Waals surface area contributed by atoms with Crippen LogP contribution in [0.25, 0.3) is 33.4 Å². The smallest absolute Gasteiger partial charge is 0.0714 e. The molecule has 0 N–H and O–H groups in total. The number of nitrogens with zero attached hydrogens (tertiary/aromatic N) is 1. The third-order valence-electron chi connectivity index (χ3n) is 11.7. The molecule has 0 saturated carbocycles. The highest BCUT2D eigenvalue weighted by Gasteiger charge is 2.47. The summed E-state index contributed by atoms with van der Waals surface area (Å²) in [7, 11) is 0. The van der Waals surface area contributed by atoms with Gasteiger partial charge in [-0.25, -0.2) is 0 Å². The molecule has 53 heavy (non-hydrogen) atoms. The molecule has 0 fully saturated rings. The van der Waals surface area contributed by atoms with E-state index in [4.69, 9.17) is 0 Å². The maximum atomic E-state index is 2.52. The van der Waals surface area contributed by atoms with Gasteiger partial charge in [0, 0.05) is 11.1 Å². The van der Waals surface area contributed by atoms with Gasteiger partial charge in [0.1, 0.15) is 0 Å². The zero-order valence-corrected chi connectivity index (χ0v) is 30.0. The molecule has 1 heteroatoms. The summed E-state index contributed by atoms with van der Waals surface area (Å²) >= 11 is 0. The minimum atomic E-state index is -0.473. The lowest BCUT2D eigenvalue weighted by molar-refractivity contribution is 0.632. The number of hydrogen-bond acceptors (Lipinski definition) is 1. The van der Waals surface area contributed by atoms with Gasteiger partial charge >= 0.3 is 0 Å². The highest BCUT2D eigenvalue weighted by molar-refractivity contribution is 5.93. The van der Waals surface area contributed by atoms with Gasteiger partial charge in [0.15, 0.2) is 0 Å². The van der Waals surface area contributed by atoms with Crippen molar-refractivity contribution >= 4 is 17.1 Å². The van der Waals surface area contributed by atoms with Gasteiger partial charge in [-0.15, -0.1) is 0 Å². The molecular weight excluding hydrogens is 639 g/mol. The average Bonchev–Trinajstić information content (AvgIpc) is 3.52. The summed E-state index contributed by atoms with van der Waals surface area (Å²) in [6.45, 7) is 4.78. The zero-order valence-electron chi connectivity index (χ0n) is 30.0. The lowest BCUT2D eigenvalue weighted by Crippen LogP contribution is -2.31. The molecule has 8 aromatic rings. The monoisotopic (exact) mass is 677 g/mol. The molecule has 0 atom stereocenters. The summed E-state index contributed by atoms with van der Waals surface area (Å²) in [5.41, 5.74) is 18.2. The van der Waals surface area contributed by atoms with E-state index in [-0.39, 0.29) is 5.41 Å². The van der Waals surface area contributed by atoms with Crippen molar-refractivity contribution in [2.24, 2.45) is 0 Å². The fraction of sp³-hybridized carbons (Fsp3) is 0.0769. The molecule has 2 aliphatic rings. The van der Waals surface area contributed by atoms with Crippen molar-refractivity contribution in [1.82, 2.24) is 0 Å². The third-order valence-corrected chi connectivity index (χ3v) is 11.7. The van der Waals surface area contributed by atoms with E-state index in [9.17, 15) is 0 Å². The molecule has 0 amide bonds. The lowest BCUT2D eigenvalue weighted by Gasteiger charge is -2.43. The molecule has 1 nitrogen and oxygen atoms in total. The second kappa shape index (κ2) is 12.1. The Morgan fingerprint density at radius 3 is 1.32 bits per heavy atom. The van der Waals surface area contributed by atoms with E-state index in [0.29, 0.717) is 0 Å². The van der Waals surface area contributed by atoms with E-state index in [2.05, 4.69) is 219 Å². The number of benzene rings is 8. The van der Waals surface area contributed by atoms with Gasteiger partial charge in [-0.2, -0.15) is 0 Å². The quantitative estimate of drug-likeness (QED) is 0.175. The van der Waals surface area contributed by atoms with Crippen LogP contribution in [-0.4, -0.2) is 0 Å². The van der Waals surface area contributed by atoms with Gasteiger partial charge in [-0.3, -0.25) is 0 Å². The highest BCUT2D eigenvalue weighted by atomic mass is 15.2. The first kappa shape index (κ1) is 31.3. The van der Waals surface area contributed by atoms with Gasteiger partial charge in [-0.1, -0.05) is 178 Å². The van der Waals surface area contributed by atoms with Crippen molar-refractivity contribution in [2.45, 2.75) is 24.7 Å². The average molecular weight is 678 g/mol. The van der Waals surface area contributed by atoms with Gasteiger partial charge < -0.3 is 4.90 Å². The Kier molecular flexibility index (Phi) is 7.13. The normalized spacial score (nSPS) is 14.5. The predicted molar refractivity (Wildman–Crippen MR) is 221 cm³/mol. The number of hydrogen-bond donors (Lipinski definition) is 0. The number of rotatable bonds is 5. The molecule has 0 spiro atoms. The standard InChI is InChI=1S/C52H39N/c1-51(2)47-33-38(36-17-7-3-8-18-36)27-31-49(47)53(50-32-28-39(34-48(50)51)37-19-9-4-10-20-37)42-29-30-44-43-25-15-16-26-45(43)52(46(44)35-42,40-21-11-5-12-22-40)41-23-13-6-14-24-41/h3-35H,1-2H3.